The molecule has 5 rings (SSSR count). The Morgan fingerprint density at radius 3 is 2.54 bits per heavy atom. The van der Waals surface area contributed by atoms with Crippen molar-refractivity contribution in [3.8, 4) is 11.5 Å². The van der Waals surface area contributed by atoms with Crippen molar-refractivity contribution < 1.29 is 27.8 Å². The van der Waals surface area contributed by atoms with Crippen LogP contribution in [0.25, 0.3) is 11.8 Å². The van der Waals surface area contributed by atoms with E-state index in [9.17, 15) is 18.4 Å². The van der Waals surface area contributed by atoms with Crippen LogP contribution in [0.1, 0.15) is 29.7 Å². The van der Waals surface area contributed by atoms with E-state index in [-0.39, 0.29) is 32.8 Å². The van der Waals surface area contributed by atoms with Crippen molar-refractivity contribution in [3.63, 3.8) is 0 Å². The van der Waals surface area contributed by atoms with Gasteiger partial charge in [0, 0.05) is 21.7 Å². The first-order chi connectivity index (χ1) is 19.8. The predicted molar refractivity (Wildman–Crippen MR) is 152 cm³/mol. The van der Waals surface area contributed by atoms with Crippen molar-refractivity contribution in [2.75, 3.05) is 13.7 Å². The fraction of sp³-hybridized carbons (Fsp3) is 0.167. The van der Waals surface area contributed by atoms with Crippen molar-refractivity contribution in [1.29, 1.82) is 0 Å². The fourth-order valence-corrected chi connectivity index (χ4v) is 5.77. The minimum atomic E-state index is -3.04. The zero-order valence-electron chi connectivity index (χ0n) is 21.8. The highest BCUT2D eigenvalue weighted by Crippen LogP contribution is 2.39. The largest absolute Gasteiger partial charge is 0.496 e. The average molecular weight is 597 g/mol. The van der Waals surface area contributed by atoms with Crippen LogP contribution in [-0.4, -0.2) is 30.9 Å². The molecule has 11 heteroatoms. The van der Waals surface area contributed by atoms with E-state index in [1.54, 1.807) is 55.5 Å². The Hall–Kier alpha value is -4.28. The summed E-state index contributed by atoms with van der Waals surface area (Å²) in [4.78, 5) is 32.7. The summed E-state index contributed by atoms with van der Waals surface area (Å²) in [5.74, 6) is -0.355. The number of thiazole rings is 1. The van der Waals surface area contributed by atoms with Gasteiger partial charge in [-0.15, -0.1) is 0 Å². The molecule has 1 atom stereocenters. The maximum Gasteiger partial charge on any atom is 0.387 e. The number of ether oxygens (including phenoxy) is 3. The van der Waals surface area contributed by atoms with Gasteiger partial charge in [-0.2, -0.15) is 8.78 Å². The van der Waals surface area contributed by atoms with E-state index in [0.717, 1.165) is 11.3 Å². The summed E-state index contributed by atoms with van der Waals surface area (Å²) >= 11 is 7.45. The highest BCUT2D eigenvalue weighted by molar-refractivity contribution is 7.07. The molecule has 0 amide bonds. The van der Waals surface area contributed by atoms with Crippen LogP contribution in [0.4, 0.5) is 8.78 Å². The number of esters is 1. The number of halogens is 3. The van der Waals surface area contributed by atoms with Crippen LogP contribution in [-0.2, 0) is 9.53 Å². The third-order valence-electron chi connectivity index (χ3n) is 6.28. The maximum absolute atomic E-state index is 14.0. The number of rotatable bonds is 8. The third kappa shape index (κ3) is 5.66. The first kappa shape index (κ1) is 28.3. The van der Waals surface area contributed by atoms with Crippen LogP contribution in [0.15, 0.2) is 88.2 Å². The molecule has 0 saturated heterocycles. The molecule has 41 heavy (non-hydrogen) atoms. The molecule has 0 N–H and O–H groups in total. The quantitative estimate of drug-likeness (QED) is 0.261. The van der Waals surface area contributed by atoms with Crippen LogP contribution in [0.2, 0.25) is 5.02 Å². The van der Waals surface area contributed by atoms with Crippen molar-refractivity contribution in [3.05, 3.63) is 120 Å². The van der Waals surface area contributed by atoms with Gasteiger partial charge in [0.15, 0.2) is 4.80 Å². The van der Waals surface area contributed by atoms with Crippen LogP contribution >= 0.6 is 22.9 Å². The molecule has 3 aromatic carbocycles. The van der Waals surface area contributed by atoms with Gasteiger partial charge in [-0.1, -0.05) is 71.5 Å². The number of benzene rings is 3. The number of para-hydroxylation sites is 1. The molecule has 210 valence electrons. The Kier molecular flexibility index (Phi) is 8.32. The SMILES string of the molecule is CCOC(=O)C1=C(c2ccccc2)N=c2s/c(=C\c3ccccc3OC(F)F)c(=O)n2[C@H]1c1cc(Cl)ccc1OC. The average Bonchev–Trinajstić information content (AvgIpc) is 3.27. The second-order valence-electron chi connectivity index (χ2n) is 8.73. The molecule has 0 saturated carbocycles. The summed E-state index contributed by atoms with van der Waals surface area (Å²) in [6.07, 6.45) is 1.46. The number of carbonyl (C=O) groups is 1. The Labute approximate surface area is 242 Å². The summed E-state index contributed by atoms with van der Waals surface area (Å²) in [6, 6.07) is 19.1. The van der Waals surface area contributed by atoms with Crippen molar-refractivity contribution in [2.24, 2.45) is 4.99 Å². The second kappa shape index (κ2) is 12.1. The van der Waals surface area contributed by atoms with Gasteiger partial charge in [0.2, 0.25) is 0 Å². The Bertz CT molecular complexity index is 1820. The molecule has 1 aliphatic rings. The molecule has 0 fully saturated rings. The standard InChI is InChI=1S/C30H23ClF2N2O5S/c1-3-39-28(37)24-25(17-9-5-4-6-10-17)34-30-35(26(24)20-16-19(31)13-14-22(20)38-2)27(36)23(41-30)15-18-11-7-8-12-21(18)40-29(32)33/h4-16,26,29H,3H2,1-2H3/b23-15-/t26-/m0/s1. The smallest absolute Gasteiger partial charge is 0.387 e. The van der Waals surface area contributed by atoms with E-state index in [0.29, 0.717) is 27.6 Å². The topological polar surface area (TPSA) is 79.1 Å². The Morgan fingerprint density at radius 1 is 1.10 bits per heavy atom. The molecule has 0 unspecified atom stereocenters. The predicted octanol–water partition coefficient (Wildman–Crippen LogP) is 5.20. The summed E-state index contributed by atoms with van der Waals surface area (Å²) in [5, 5.41) is 0.363. The molecular formula is C30H23ClF2N2O5S. The molecule has 0 aliphatic carbocycles. The van der Waals surface area contributed by atoms with Crippen LogP contribution in [0.5, 0.6) is 11.5 Å². The number of hydrogen-bond acceptors (Lipinski definition) is 7. The van der Waals surface area contributed by atoms with Gasteiger partial charge in [-0.05, 0) is 37.3 Å². The minimum absolute atomic E-state index is 0.0846. The number of aromatic nitrogens is 1. The van der Waals surface area contributed by atoms with Crippen LogP contribution in [0, 0.1) is 0 Å². The summed E-state index contributed by atoms with van der Waals surface area (Å²) in [7, 11) is 1.47. The van der Waals surface area contributed by atoms with E-state index in [2.05, 4.69) is 4.74 Å². The molecule has 0 radical (unpaired) electrons. The van der Waals surface area contributed by atoms with E-state index in [1.807, 2.05) is 18.2 Å². The van der Waals surface area contributed by atoms with E-state index in [1.165, 1.54) is 23.8 Å². The highest BCUT2D eigenvalue weighted by Gasteiger charge is 2.37. The Balaban J connectivity index is 1.85. The molecule has 7 nitrogen and oxygen atoms in total. The van der Waals surface area contributed by atoms with E-state index >= 15 is 0 Å². The van der Waals surface area contributed by atoms with Crippen molar-refractivity contribution in [2.45, 2.75) is 19.6 Å². The number of alkyl halides is 2. The zero-order chi connectivity index (χ0) is 29.1. The second-order valence-corrected chi connectivity index (χ2v) is 10.2. The van der Waals surface area contributed by atoms with Crippen molar-refractivity contribution >= 4 is 40.7 Å². The maximum atomic E-state index is 14.0. The molecule has 0 spiro atoms. The molecule has 0 bridgehead atoms. The molecule has 1 aliphatic heterocycles. The molecular weight excluding hydrogens is 574 g/mol. The summed E-state index contributed by atoms with van der Waals surface area (Å²) in [6.45, 7) is -1.26. The van der Waals surface area contributed by atoms with Crippen LogP contribution in [0.3, 0.4) is 0 Å². The number of nitrogens with zero attached hydrogens (tertiary/aromatic N) is 2. The monoisotopic (exact) mass is 596 g/mol. The fourth-order valence-electron chi connectivity index (χ4n) is 4.60. The van der Waals surface area contributed by atoms with E-state index < -0.39 is 24.2 Å². The normalized spacial score (nSPS) is 15.0. The lowest BCUT2D eigenvalue weighted by atomic mass is 9.92. The highest BCUT2D eigenvalue weighted by atomic mass is 35.5. The lowest BCUT2D eigenvalue weighted by molar-refractivity contribution is -0.138. The number of carbonyl (C=O) groups excluding carboxylic acids is 1. The van der Waals surface area contributed by atoms with Gasteiger partial charge in [0.1, 0.15) is 17.5 Å². The number of hydrogen-bond donors (Lipinski definition) is 0. The van der Waals surface area contributed by atoms with E-state index in [4.69, 9.17) is 26.1 Å². The lowest BCUT2D eigenvalue weighted by Gasteiger charge is -2.27. The molecule has 2 heterocycles. The summed E-state index contributed by atoms with van der Waals surface area (Å²) < 4.78 is 43.4. The lowest BCUT2D eigenvalue weighted by Crippen LogP contribution is -2.40. The van der Waals surface area contributed by atoms with Gasteiger partial charge < -0.3 is 14.2 Å². The third-order valence-corrected chi connectivity index (χ3v) is 7.50. The first-order valence-corrected chi connectivity index (χ1v) is 13.7. The van der Waals surface area contributed by atoms with Gasteiger partial charge in [-0.25, -0.2) is 9.79 Å². The van der Waals surface area contributed by atoms with Gasteiger partial charge in [-0.3, -0.25) is 9.36 Å². The zero-order valence-corrected chi connectivity index (χ0v) is 23.4. The van der Waals surface area contributed by atoms with Crippen LogP contribution < -0.4 is 24.4 Å². The number of fused-ring (bicyclic) bond motifs is 1. The van der Waals surface area contributed by atoms with Gasteiger partial charge in [0.05, 0.1) is 29.5 Å². The van der Waals surface area contributed by atoms with Gasteiger partial charge in [0.25, 0.3) is 5.56 Å². The first-order valence-electron chi connectivity index (χ1n) is 12.5. The molecule has 4 aromatic rings. The molecule has 1 aromatic heterocycles. The Morgan fingerprint density at radius 2 is 1.83 bits per heavy atom. The van der Waals surface area contributed by atoms with Crippen molar-refractivity contribution in [1.82, 2.24) is 4.57 Å². The minimum Gasteiger partial charge on any atom is -0.496 e. The summed E-state index contributed by atoms with van der Waals surface area (Å²) in [5.41, 5.74) is 1.31. The number of methoxy groups -OCH3 is 1. The van der Waals surface area contributed by atoms with Gasteiger partial charge >= 0.3 is 12.6 Å².